The summed E-state index contributed by atoms with van der Waals surface area (Å²) in [5.74, 6) is 0.0429. The van der Waals surface area contributed by atoms with Crippen LogP contribution in [0.3, 0.4) is 0 Å². The van der Waals surface area contributed by atoms with Gasteiger partial charge in [0.15, 0.2) is 0 Å². The van der Waals surface area contributed by atoms with Gasteiger partial charge in [-0.1, -0.05) is 37.0 Å². The normalized spacial score (nSPS) is 12.5. The molecule has 0 fully saturated rings. The molecule has 106 valence electrons. The van der Waals surface area contributed by atoms with E-state index in [1.807, 2.05) is 13.8 Å². The third-order valence-electron chi connectivity index (χ3n) is 2.63. The van der Waals surface area contributed by atoms with E-state index in [0.29, 0.717) is 17.9 Å². The van der Waals surface area contributed by atoms with Gasteiger partial charge in [0.25, 0.3) is 5.91 Å². The fourth-order valence-electron chi connectivity index (χ4n) is 1.76. The molecular formula is C13H18Cl2N2O2. The highest BCUT2D eigenvalue weighted by Gasteiger charge is 2.16. The lowest BCUT2D eigenvalue weighted by molar-refractivity contribution is 0.0908. The Morgan fingerprint density at radius 2 is 2.05 bits per heavy atom. The maximum atomic E-state index is 12.0. The van der Waals surface area contributed by atoms with Gasteiger partial charge in [0.05, 0.1) is 28.4 Å². The molecule has 0 aromatic heterocycles. The maximum absolute atomic E-state index is 12.0. The molecule has 0 saturated carbocycles. The number of aliphatic hydroxyl groups excluding tert-OH is 1. The van der Waals surface area contributed by atoms with Gasteiger partial charge < -0.3 is 16.2 Å². The van der Waals surface area contributed by atoms with Gasteiger partial charge in [-0.25, -0.2) is 0 Å². The van der Waals surface area contributed by atoms with Crippen molar-refractivity contribution in [1.29, 1.82) is 0 Å². The molecule has 19 heavy (non-hydrogen) atoms. The summed E-state index contributed by atoms with van der Waals surface area (Å²) in [7, 11) is 0. The highest BCUT2D eigenvalue weighted by Crippen LogP contribution is 2.29. The average Bonchev–Trinajstić information content (AvgIpc) is 2.33. The number of carbonyl (C=O) groups is 1. The maximum Gasteiger partial charge on any atom is 0.251 e. The van der Waals surface area contributed by atoms with E-state index in [1.165, 1.54) is 12.1 Å². The van der Waals surface area contributed by atoms with Crippen LogP contribution in [0.15, 0.2) is 12.1 Å². The van der Waals surface area contributed by atoms with Crippen LogP contribution in [0.1, 0.15) is 30.6 Å². The van der Waals surface area contributed by atoms with E-state index in [9.17, 15) is 9.90 Å². The Hall–Kier alpha value is -0.970. The Morgan fingerprint density at radius 3 is 2.53 bits per heavy atom. The molecule has 4 N–H and O–H groups in total. The minimum absolute atomic E-state index is 0.110. The zero-order chi connectivity index (χ0) is 14.6. The van der Waals surface area contributed by atoms with Crippen LogP contribution in [0, 0.1) is 5.92 Å². The summed E-state index contributed by atoms with van der Waals surface area (Å²) in [6.07, 6.45) is 0.693. The second kappa shape index (κ2) is 6.98. The number of nitrogen functional groups attached to an aromatic ring is 1. The number of rotatable bonds is 5. The Labute approximate surface area is 122 Å². The minimum atomic E-state index is -0.329. The predicted octanol–water partition coefficient (Wildman–Crippen LogP) is 2.71. The number of benzene rings is 1. The van der Waals surface area contributed by atoms with Gasteiger partial charge in [-0.05, 0) is 24.5 Å². The second-order valence-electron chi connectivity index (χ2n) is 4.84. The first kappa shape index (κ1) is 16.1. The Kier molecular flexibility index (Phi) is 5.91. The molecular weight excluding hydrogens is 287 g/mol. The molecule has 4 nitrogen and oxygen atoms in total. The topological polar surface area (TPSA) is 75.3 Å². The van der Waals surface area contributed by atoms with Crippen LogP contribution >= 0.6 is 23.2 Å². The summed E-state index contributed by atoms with van der Waals surface area (Å²) in [5.41, 5.74) is 6.24. The Morgan fingerprint density at radius 1 is 1.42 bits per heavy atom. The quantitative estimate of drug-likeness (QED) is 0.732. The summed E-state index contributed by atoms with van der Waals surface area (Å²) >= 11 is 11.7. The molecule has 0 aliphatic carbocycles. The molecule has 6 heteroatoms. The molecule has 1 aromatic rings. The first-order chi connectivity index (χ1) is 8.85. The van der Waals surface area contributed by atoms with Crippen molar-refractivity contribution in [2.24, 2.45) is 5.92 Å². The molecule has 0 aliphatic rings. The van der Waals surface area contributed by atoms with Crippen molar-refractivity contribution in [3.05, 3.63) is 27.7 Å². The molecule has 1 rings (SSSR count). The van der Waals surface area contributed by atoms with E-state index >= 15 is 0 Å². The number of aliphatic hydroxyl groups is 1. The van der Waals surface area contributed by atoms with E-state index in [0.717, 1.165) is 0 Å². The summed E-state index contributed by atoms with van der Waals surface area (Å²) in [6.45, 7) is 3.93. The van der Waals surface area contributed by atoms with Crippen molar-refractivity contribution in [2.75, 3.05) is 12.3 Å². The lowest BCUT2D eigenvalue weighted by Gasteiger charge is -2.18. The Balaban J connectivity index is 2.83. The highest BCUT2D eigenvalue weighted by atomic mass is 35.5. The molecule has 1 unspecified atom stereocenters. The molecule has 0 heterocycles. The first-order valence-electron chi connectivity index (χ1n) is 6.01. The van der Waals surface area contributed by atoms with E-state index in [-0.39, 0.29) is 34.3 Å². The van der Waals surface area contributed by atoms with Crippen LogP contribution in [0.25, 0.3) is 0 Å². The van der Waals surface area contributed by atoms with Gasteiger partial charge >= 0.3 is 0 Å². The van der Waals surface area contributed by atoms with Crippen LogP contribution < -0.4 is 11.1 Å². The molecule has 0 aliphatic heterocycles. The van der Waals surface area contributed by atoms with E-state index in [2.05, 4.69) is 5.32 Å². The van der Waals surface area contributed by atoms with Crippen LogP contribution in [0.5, 0.6) is 0 Å². The van der Waals surface area contributed by atoms with Gasteiger partial charge in [-0.3, -0.25) is 4.79 Å². The second-order valence-corrected chi connectivity index (χ2v) is 5.63. The zero-order valence-corrected chi connectivity index (χ0v) is 12.4. The van der Waals surface area contributed by atoms with Crippen molar-refractivity contribution in [3.63, 3.8) is 0 Å². The fourth-order valence-corrected chi connectivity index (χ4v) is 2.09. The van der Waals surface area contributed by atoms with Crippen molar-refractivity contribution in [2.45, 2.75) is 26.3 Å². The van der Waals surface area contributed by atoms with Gasteiger partial charge in [-0.2, -0.15) is 0 Å². The number of hydrogen-bond donors (Lipinski definition) is 3. The van der Waals surface area contributed by atoms with Crippen molar-refractivity contribution < 1.29 is 9.90 Å². The number of nitrogens with one attached hydrogen (secondary N) is 1. The molecule has 1 atom stereocenters. The standard InChI is InChI=1S/C13H18Cl2N2O2/c1-7(2)3-9(6-18)17-13(19)8-4-10(14)12(15)11(16)5-8/h4-5,7,9,18H,3,6,16H2,1-2H3,(H,17,19). The number of amides is 1. The monoisotopic (exact) mass is 304 g/mol. The van der Waals surface area contributed by atoms with Crippen LogP contribution in [0.2, 0.25) is 10.0 Å². The fraction of sp³-hybridized carbons (Fsp3) is 0.462. The molecule has 0 saturated heterocycles. The van der Waals surface area contributed by atoms with Gasteiger partial charge in [0, 0.05) is 5.56 Å². The van der Waals surface area contributed by atoms with E-state index < -0.39 is 0 Å². The smallest absolute Gasteiger partial charge is 0.251 e. The number of carbonyl (C=O) groups excluding carboxylic acids is 1. The molecule has 1 amide bonds. The minimum Gasteiger partial charge on any atom is -0.397 e. The van der Waals surface area contributed by atoms with Gasteiger partial charge in [-0.15, -0.1) is 0 Å². The van der Waals surface area contributed by atoms with Crippen molar-refractivity contribution in [1.82, 2.24) is 5.32 Å². The lowest BCUT2D eigenvalue weighted by Crippen LogP contribution is -2.38. The molecule has 0 bridgehead atoms. The zero-order valence-electron chi connectivity index (χ0n) is 10.9. The molecule has 0 radical (unpaired) electrons. The predicted molar refractivity (Wildman–Crippen MR) is 78.7 cm³/mol. The average molecular weight is 305 g/mol. The van der Waals surface area contributed by atoms with E-state index in [4.69, 9.17) is 28.9 Å². The summed E-state index contributed by atoms with van der Waals surface area (Å²) in [4.78, 5) is 12.0. The van der Waals surface area contributed by atoms with Crippen LogP contribution in [-0.4, -0.2) is 23.7 Å². The summed E-state index contributed by atoms with van der Waals surface area (Å²) in [6, 6.07) is 2.63. The third-order valence-corrected chi connectivity index (χ3v) is 3.45. The molecule has 0 spiro atoms. The first-order valence-corrected chi connectivity index (χ1v) is 6.77. The third kappa shape index (κ3) is 4.56. The van der Waals surface area contributed by atoms with Crippen LogP contribution in [-0.2, 0) is 0 Å². The highest BCUT2D eigenvalue weighted by molar-refractivity contribution is 6.43. The van der Waals surface area contributed by atoms with Gasteiger partial charge in [0.2, 0.25) is 0 Å². The number of halogens is 2. The summed E-state index contributed by atoms with van der Waals surface area (Å²) < 4.78 is 0. The Bertz CT molecular complexity index is 441. The molecule has 1 aromatic carbocycles. The van der Waals surface area contributed by atoms with Crippen molar-refractivity contribution >= 4 is 34.8 Å². The SMILES string of the molecule is CC(C)CC(CO)NC(=O)c1cc(N)c(Cl)c(Cl)c1. The number of nitrogens with two attached hydrogens (primary N) is 1. The van der Waals surface area contributed by atoms with Crippen molar-refractivity contribution in [3.8, 4) is 0 Å². The summed E-state index contributed by atoms with van der Waals surface area (Å²) in [5, 5.41) is 12.4. The largest absolute Gasteiger partial charge is 0.397 e. The van der Waals surface area contributed by atoms with E-state index in [1.54, 1.807) is 0 Å². The number of anilines is 1. The number of hydrogen-bond acceptors (Lipinski definition) is 3. The van der Waals surface area contributed by atoms with Gasteiger partial charge in [0.1, 0.15) is 0 Å². The lowest BCUT2D eigenvalue weighted by atomic mass is 10.0. The van der Waals surface area contributed by atoms with Crippen LogP contribution in [0.4, 0.5) is 5.69 Å².